The predicted octanol–water partition coefficient (Wildman–Crippen LogP) is 1.16. The van der Waals surface area contributed by atoms with E-state index in [9.17, 15) is 8.42 Å². The summed E-state index contributed by atoms with van der Waals surface area (Å²) in [6.07, 6.45) is 2.67. The van der Waals surface area contributed by atoms with Crippen LogP contribution in [0, 0.1) is 5.92 Å². The lowest BCUT2D eigenvalue weighted by Crippen LogP contribution is -2.38. The van der Waals surface area contributed by atoms with E-state index in [0.29, 0.717) is 13.0 Å². The third kappa shape index (κ3) is 5.30. The molecule has 118 valence electrons. The molecule has 1 aromatic carbocycles. The van der Waals surface area contributed by atoms with E-state index in [2.05, 4.69) is 10.0 Å². The summed E-state index contributed by atoms with van der Waals surface area (Å²) in [4.78, 5) is 0. The molecule has 2 N–H and O–H groups in total. The Morgan fingerprint density at radius 1 is 1.38 bits per heavy atom. The molecule has 2 rings (SSSR count). The first-order valence-corrected chi connectivity index (χ1v) is 9.06. The van der Waals surface area contributed by atoms with Gasteiger partial charge in [0.15, 0.2) is 0 Å². The molecule has 1 unspecified atom stereocenters. The van der Waals surface area contributed by atoms with Crippen molar-refractivity contribution in [2.45, 2.75) is 19.3 Å². The molecular weight excluding hydrogens is 288 g/mol. The molecule has 21 heavy (non-hydrogen) atoms. The summed E-state index contributed by atoms with van der Waals surface area (Å²) in [5.74, 6) is 1.24. The first-order valence-electron chi connectivity index (χ1n) is 7.40. The molecule has 1 heterocycles. The van der Waals surface area contributed by atoms with Crippen molar-refractivity contribution in [3.05, 3.63) is 29.8 Å². The summed E-state index contributed by atoms with van der Waals surface area (Å²) < 4.78 is 32.1. The van der Waals surface area contributed by atoms with Crippen molar-refractivity contribution in [2.24, 2.45) is 5.92 Å². The van der Waals surface area contributed by atoms with E-state index in [1.165, 1.54) is 0 Å². The van der Waals surface area contributed by atoms with Crippen LogP contribution in [0.1, 0.15) is 18.4 Å². The van der Waals surface area contributed by atoms with E-state index in [1.807, 2.05) is 24.3 Å². The van der Waals surface area contributed by atoms with Gasteiger partial charge in [-0.2, -0.15) is 0 Å². The van der Waals surface area contributed by atoms with Gasteiger partial charge in [0, 0.05) is 6.54 Å². The number of methoxy groups -OCH3 is 1. The fraction of sp³-hybridized carbons (Fsp3) is 0.600. The number of benzene rings is 1. The van der Waals surface area contributed by atoms with Crippen LogP contribution in [-0.2, 0) is 16.4 Å². The summed E-state index contributed by atoms with van der Waals surface area (Å²) in [6.45, 7) is 2.20. The Kier molecular flexibility index (Phi) is 6.02. The smallest absolute Gasteiger partial charge is 0.211 e. The average Bonchev–Trinajstić information content (AvgIpc) is 2.48. The van der Waals surface area contributed by atoms with E-state index in [4.69, 9.17) is 4.74 Å². The van der Waals surface area contributed by atoms with Crippen molar-refractivity contribution in [3.8, 4) is 5.75 Å². The number of rotatable bonds is 7. The number of hydrogen-bond acceptors (Lipinski definition) is 4. The van der Waals surface area contributed by atoms with Crippen molar-refractivity contribution in [1.29, 1.82) is 0 Å². The van der Waals surface area contributed by atoms with E-state index in [0.717, 1.165) is 37.2 Å². The first-order chi connectivity index (χ1) is 10.1. The second-order valence-electron chi connectivity index (χ2n) is 5.45. The fourth-order valence-corrected chi connectivity index (χ4v) is 4.12. The summed E-state index contributed by atoms with van der Waals surface area (Å²) in [5.41, 5.74) is 1.02. The number of nitrogens with one attached hydrogen (secondary N) is 2. The zero-order valence-electron chi connectivity index (χ0n) is 12.5. The number of hydrogen-bond donors (Lipinski definition) is 2. The average molecular weight is 312 g/mol. The minimum absolute atomic E-state index is 0.214. The van der Waals surface area contributed by atoms with Gasteiger partial charge in [-0.05, 0) is 49.9 Å². The van der Waals surface area contributed by atoms with Gasteiger partial charge in [0.2, 0.25) is 10.0 Å². The zero-order valence-corrected chi connectivity index (χ0v) is 13.3. The second kappa shape index (κ2) is 7.77. The van der Waals surface area contributed by atoms with E-state index >= 15 is 0 Å². The summed E-state index contributed by atoms with van der Waals surface area (Å²) in [6, 6.07) is 7.68. The standard InChI is InChI=1S/C15H24N2O3S/c1-20-15-7-3-2-6-14(15)8-10-17-21(18,19)12-13-5-4-9-16-11-13/h2-3,6-7,13,16-17H,4-5,8-12H2,1H3. The molecule has 6 heteroatoms. The maximum atomic E-state index is 12.1. The van der Waals surface area contributed by atoms with Crippen LogP contribution in [0.5, 0.6) is 5.75 Å². The van der Waals surface area contributed by atoms with Crippen molar-refractivity contribution >= 4 is 10.0 Å². The molecule has 1 aromatic rings. The molecule has 0 aromatic heterocycles. The SMILES string of the molecule is COc1ccccc1CCNS(=O)(=O)CC1CCCNC1. The van der Waals surface area contributed by atoms with E-state index < -0.39 is 10.0 Å². The molecule has 1 aliphatic rings. The van der Waals surface area contributed by atoms with Gasteiger partial charge in [-0.3, -0.25) is 0 Å². The van der Waals surface area contributed by atoms with Crippen LogP contribution in [0.25, 0.3) is 0 Å². The lowest BCUT2D eigenvalue weighted by molar-refractivity contribution is 0.402. The molecule has 1 fully saturated rings. The van der Waals surface area contributed by atoms with E-state index in [-0.39, 0.29) is 11.7 Å². The van der Waals surface area contributed by atoms with Crippen LogP contribution < -0.4 is 14.8 Å². The van der Waals surface area contributed by atoms with Crippen molar-refractivity contribution in [2.75, 3.05) is 32.5 Å². The normalized spacial score (nSPS) is 19.4. The monoisotopic (exact) mass is 312 g/mol. The molecule has 1 atom stereocenters. The van der Waals surface area contributed by atoms with Crippen LogP contribution in [0.4, 0.5) is 0 Å². The number of para-hydroxylation sites is 1. The summed E-state index contributed by atoms with van der Waals surface area (Å²) >= 11 is 0. The Morgan fingerprint density at radius 2 is 2.19 bits per heavy atom. The Labute approximate surface area is 127 Å². The number of piperidine rings is 1. The van der Waals surface area contributed by atoms with Crippen LogP contribution in [-0.4, -0.2) is 40.9 Å². The Morgan fingerprint density at radius 3 is 2.90 bits per heavy atom. The molecule has 0 amide bonds. The highest BCUT2D eigenvalue weighted by Gasteiger charge is 2.20. The van der Waals surface area contributed by atoms with Crippen molar-refractivity contribution in [3.63, 3.8) is 0 Å². The Hall–Kier alpha value is -1.11. The van der Waals surface area contributed by atoms with Gasteiger partial charge >= 0.3 is 0 Å². The highest BCUT2D eigenvalue weighted by Crippen LogP contribution is 2.17. The van der Waals surface area contributed by atoms with Gasteiger partial charge < -0.3 is 10.1 Å². The number of sulfonamides is 1. The van der Waals surface area contributed by atoms with Gasteiger partial charge in [-0.1, -0.05) is 18.2 Å². The molecule has 0 spiro atoms. The summed E-state index contributed by atoms with van der Waals surface area (Å²) in [7, 11) is -1.58. The maximum Gasteiger partial charge on any atom is 0.211 e. The highest BCUT2D eigenvalue weighted by atomic mass is 32.2. The van der Waals surface area contributed by atoms with E-state index in [1.54, 1.807) is 7.11 Å². The molecule has 5 nitrogen and oxygen atoms in total. The van der Waals surface area contributed by atoms with Gasteiger partial charge in [-0.25, -0.2) is 13.1 Å². The summed E-state index contributed by atoms with van der Waals surface area (Å²) in [5, 5.41) is 3.25. The van der Waals surface area contributed by atoms with Gasteiger partial charge in [0.25, 0.3) is 0 Å². The lowest BCUT2D eigenvalue weighted by atomic mass is 10.0. The van der Waals surface area contributed by atoms with Gasteiger partial charge in [0.1, 0.15) is 5.75 Å². The zero-order chi connectivity index (χ0) is 15.1. The minimum Gasteiger partial charge on any atom is -0.496 e. The molecule has 0 aliphatic carbocycles. The molecule has 0 radical (unpaired) electrons. The van der Waals surface area contributed by atoms with Gasteiger partial charge in [0.05, 0.1) is 12.9 Å². The van der Waals surface area contributed by atoms with Crippen molar-refractivity contribution in [1.82, 2.24) is 10.0 Å². The molecule has 0 saturated carbocycles. The maximum absolute atomic E-state index is 12.1. The number of ether oxygens (including phenoxy) is 1. The fourth-order valence-electron chi connectivity index (χ4n) is 2.69. The minimum atomic E-state index is -3.20. The van der Waals surface area contributed by atoms with Crippen LogP contribution >= 0.6 is 0 Å². The topological polar surface area (TPSA) is 67.4 Å². The quantitative estimate of drug-likeness (QED) is 0.793. The van der Waals surface area contributed by atoms with Crippen molar-refractivity contribution < 1.29 is 13.2 Å². The molecule has 1 aliphatic heterocycles. The molecule has 0 bridgehead atoms. The van der Waals surface area contributed by atoms with Crippen LogP contribution in [0.15, 0.2) is 24.3 Å². The predicted molar refractivity (Wildman–Crippen MR) is 84.1 cm³/mol. The molecule has 1 saturated heterocycles. The van der Waals surface area contributed by atoms with Crippen LogP contribution in [0.2, 0.25) is 0 Å². The Balaban J connectivity index is 1.81. The molecular formula is C15H24N2O3S. The first kappa shape index (κ1) is 16.3. The largest absolute Gasteiger partial charge is 0.496 e. The lowest BCUT2D eigenvalue weighted by Gasteiger charge is -2.22. The second-order valence-corrected chi connectivity index (χ2v) is 7.30. The highest BCUT2D eigenvalue weighted by molar-refractivity contribution is 7.89. The third-order valence-electron chi connectivity index (χ3n) is 3.76. The third-order valence-corrected chi connectivity index (χ3v) is 5.32. The Bertz CT molecular complexity index is 540. The van der Waals surface area contributed by atoms with Crippen LogP contribution in [0.3, 0.4) is 0 Å². The van der Waals surface area contributed by atoms with Gasteiger partial charge in [-0.15, -0.1) is 0 Å².